The maximum atomic E-state index is 12.6. The number of nitrogens with zero attached hydrogens (tertiary/aromatic N) is 1. The Labute approximate surface area is 143 Å². The van der Waals surface area contributed by atoms with Crippen LogP contribution in [0.3, 0.4) is 0 Å². The van der Waals surface area contributed by atoms with Gasteiger partial charge in [0.05, 0.1) is 25.1 Å². The Hall–Kier alpha value is -1.59. The molecule has 2 N–H and O–H groups in total. The van der Waals surface area contributed by atoms with E-state index in [2.05, 4.69) is 16.9 Å². The topological polar surface area (TPSA) is 72.6 Å². The SMILES string of the molecule is COC(=O)C[C@]1(C)C[C@@H](N)N(CCCc2ccccc2)C1=O.Cl. The molecule has 1 fully saturated rings. The molecule has 0 radical (unpaired) electrons. The van der Waals surface area contributed by atoms with Crippen LogP contribution in [0.1, 0.15) is 31.7 Å². The van der Waals surface area contributed by atoms with Crippen LogP contribution < -0.4 is 5.73 Å². The molecule has 0 spiro atoms. The van der Waals surface area contributed by atoms with Gasteiger partial charge in [-0.25, -0.2) is 0 Å². The minimum Gasteiger partial charge on any atom is -0.469 e. The van der Waals surface area contributed by atoms with Crippen molar-refractivity contribution in [1.82, 2.24) is 4.90 Å². The van der Waals surface area contributed by atoms with Gasteiger partial charge >= 0.3 is 5.97 Å². The van der Waals surface area contributed by atoms with E-state index in [1.54, 1.807) is 11.8 Å². The van der Waals surface area contributed by atoms with Crippen LogP contribution in [0.4, 0.5) is 0 Å². The molecule has 1 saturated heterocycles. The molecule has 2 atom stereocenters. The monoisotopic (exact) mass is 340 g/mol. The number of aryl methyl sites for hydroxylation is 1. The van der Waals surface area contributed by atoms with E-state index in [4.69, 9.17) is 5.73 Å². The summed E-state index contributed by atoms with van der Waals surface area (Å²) < 4.78 is 4.68. The highest BCUT2D eigenvalue weighted by Gasteiger charge is 2.48. The van der Waals surface area contributed by atoms with Crippen LogP contribution in [0.2, 0.25) is 0 Å². The van der Waals surface area contributed by atoms with E-state index in [-0.39, 0.29) is 36.9 Å². The molecule has 0 saturated carbocycles. The van der Waals surface area contributed by atoms with Crippen LogP contribution in [-0.2, 0) is 20.7 Å². The van der Waals surface area contributed by atoms with Crippen molar-refractivity contribution in [3.63, 3.8) is 0 Å². The summed E-state index contributed by atoms with van der Waals surface area (Å²) in [6.07, 6.45) is 2.03. The number of carbonyl (C=O) groups excluding carboxylic acids is 2. The number of methoxy groups -OCH3 is 1. The number of amides is 1. The second-order valence-electron chi connectivity index (χ2n) is 6.17. The van der Waals surface area contributed by atoms with Gasteiger partial charge in [0, 0.05) is 6.54 Å². The van der Waals surface area contributed by atoms with Gasteiger partial charge in [-0.2, -0.15) is 0 Å². The first-order chi connectivity index (χ1) is 10.5. The van der Waals surface area contributed by atoms with E-state index in [1.807, 2.05) is 18.2 Å². The molecule has 5 nitrogen and oxygen atoms in total. The largest absolute Gasteiger partial charge is 0.469 e. The molecular formula is C17H25ClN2O3. The lowest BCUT2D eigenvalue weighted by Gasteiger charge is -2.23. The lowest BCUT2D eigenvalue weighted by atomic mass is 9.85. The number of nitrogens with two attached hydrogens (primary N) is 1. The van der Waals surface area contributed by atoms with Gasteiger partial charge in [-0.1, -0.05) is 37.3 Å². The van der Waals surface area contributed by atoms with Gasteiger partial charge in [-0.05, 0) is 24.8 Å². The number of benzene rings is 1. The second-order valence-corrected chi connectivity index (χ2v) is 6.17. The first kappa shape index (κ1) is 19.5. The molecule has 1 heterocycles. The molecule has 1 aliphatic rings. The molecule has 2 rings (SSSR count). The zero-order valence-electron chi connectivity index (χ0n) is 13.7. The van der Waals surface area contributed by atoms with E-state index < -0.39 is 5.41 Å². The summed E-state index contributed by atoms with van der Waals surface area (Å²) in [5.74, 6) is -0.410. The first-order valence-corrected chi connectivity index (χ1v) is 7.64. The number of rotatable bonds is 6. The number of hydrogen-bond donors (Lipinski definition) is 1. The molecule has 128 valence electrons. The number of likely N-dealkylation sites (tertiary alicyclic amines) is 1. The summed E-state index contributed by atoms with van der Waals surface area (Å²) in [7, 11) is 1.34. The Morgan fingerprint density at radius 3 is 2.65 bits per heavy atom. The fraction of sp³-hybridized carbons (Fsp3) is 0.529. The molecule has 1 aromatic carbocycles. The molecule has 1 amide bonds. The molecule has 0 aromatic heterocycles. The van der Waals surface area contributed by atoms with Gasteiger partial charge in [-0.15, -0.1) is 12.4 Å². The molecular weight excluding hydrogens is 316 g/mol. The quantitative estimate of drug-likeness (QED) is 0.805. The second kappa shape index (κ2) is 8.31. The molecule has 23 heavy (non-hydrogen) atoms. The zero-order valence-corrected chi connectivity index (χ0v) is 14.5. The number of carbonyl (C=O) groups is 2. The lowest BCUT2D eigenvalue weighted by Crippen LogP contribution is -2.41. The van der Waals surface area contributed by atoms with Crippen LogP contribution in [0.25, 0.3) is 0 Å². The van der Waals surface area contributed by atoms with E-state index in [0.29, 0.717) is 13.0 Å². The normalized spacial score (nSPS) is 23.5. The highest BCUT2D eigenvalue weighted by atomic mass is 35.5. The number of ether oxygens (including phenoxy) is 1. The van der Waals surface area contributed by atoms with Gasteiger partial charge in [0.1, 0.15) is 0 Å². The minimum atomic E-state index is -0.737. The summed E-state index contributed by atoms with van der Waals surface area (Å²) in [5, 5.41) is 0. The highest BCUT2D eigenvalue weighted by molar-refractivity contribution is 5.89. The Kier molecular flexibility index (Phi) is 7.03. The Morgan fingerprint density at radius 2 is 2.04 bits per heavy atom. The predicted molar refractivity (Wildman–Crippen MR) is 91.1 cm³/mol. The zero-order chi connectivity index (χ0) is 16.2. The minimum absolute atomic E-state index is 0. The molecule has 0 bridgehead atoms. The summed E-state index contributed by atoms with van der Waals surface area (Å²) in [4.78, 5) is 25.8. The third-order valence-electron chi connectivity index (χ3n) is 4.31. The number of hydrogen-bond acceptors (Lipinski definition) is 4. The van der Waals surface area contributed by atoms with E-state index in [9.17, 15) is 9.59 Å². The third kappa shape index (κ3) is 4.69. The number of esters is 1. The van der Waals surface area contributed by atoms with Crippen LogP contribution >= 0.6 is 12.4 Å². The standard InChI is InChI=1S/C17H24N2O3.ClH/c1-17(12-15(20)22-2)11-14(18)19(16(17)21)10-6-9-13-7-4-3-5-8-13;/h3-5,7-8,14H,6,9-12,18H2,1-2H3;1H/t14-,17-;/m0./s1. The van der Waals surface area contributed by atoms with Crippen molar-refractivity contribution in [3.05, 3.63) is 35.9 Å². The highest BCUT2D eigenvalue weighted by Crippen LogP contribution is 2.37. The maximum absolute atomic E-state index is 12.6. The molecule has 0 unspecified atom stereocenters. The van der Waals surface area contributed by atoms with E-state index in [0.717, 1.165) is 12.8 Å². The number of halogens is 1. The van der Waals surface area contributed by atoms with Gasteiger partial charge in [0.15, 0.2) is 0 Å². The van der Waals surface area contributed by atoms with Crippen molar-refractivity contribution in [3.8, 4) is 0 Å². The van der Waals surface area contributed by atoms with Gasteiger partial charge < -0.3 is 15.4 Å². The van der Waals surface area contributed by atoms with Crippen LogP contribution in [0.15, 0.2) is 30.3 Å². The lowest BCUT2D eigenvalue weighted by molar-refractivity contribution is -0.148. The molecule has 0 aliphatic carbocycles. The fourth-order valence-electron chi connectivity index (χ4n) is 3.06. The first-order valence-electron chi connectivity index (χ1n) is 7.64. The van der Waals surface area contributed by atoms with Gasteiger partial charge in [0.25, 0.3) is 0 Å². The van der Waals surface area contributed by atoms with E-state index >= 15 is 0 Å². The maximum Gasteiger partial charge on any atom is 0.306 e. The Bertz CT molecular complexity index is 538. The van der Waals surface area contributed by atoms with Gasteiger partial charge in [-0.3, -0.25) is 9.59 Å². The van der Waals surface area contributed by atoms with Crippen molar-refractivity contribution in [1.29, 1.82) is 0 Å². The average Bonchev–Trinajstić information content (AvgIpc) is 2.71. The third-order valence-corrected chi connectivity index (χ3v) is 4.31. The van der Waals surface area contributed by atoms with Crippen molar-refractivity contribution in [2.24, 2.45) is 11.1 Å². The van der Waals surface area contributed by atoms with Gasteiger partial charge in [0.2, 0.25) is 5.91 Å². The fourth-order valence-corrected chi connectivity index (χ4v) is 3.06. The predicted octanol–water partition coefficient (Wildman–Crippen LogP) is 2.13. The summed E-state index contributed by atoms with van der Waals surface area (Å²) in [5.41, 5.74) is 6.61. The smallest absolute Gasteiger partial charge is 0.306 e. The van der Waals surface area contributed by atoms with Crippen molar-refractivity contribution in [2.45, 2.75) is 38.8 Å². The van der Waals surface area contributed by atoms with E-state index in [1.165, 1.54) is 12.7 Å². The molecule has 1 aromatic rings. The van der Waals surface area contributed by atoms with Crippen LogP contribution in [-0.4, -0.2) is 36.6 Å². The van der Waals surface area contributed by atoms with Crippen molar-refractivity contribution >= 4 is 24.3 Å². The summed E-state index contributed by atoms with van der Waals surface area (Å²) >= 11 is 0. The Morgan fingerprint density at radius 1 is 1.39 bits per heavy atom. The Balaban J connectivity index is 0.00000264. The average molecular weight is 341 g/mol. The van der Waals surface area contributed by atoms with Crippen molar-refractivity contribution in [2.75, 3.05) is 13.7 Å². The molecule has 1 aliphatic heterocycles. The summed E-state index contributed by atoms with van der Waals surface area (Å²) in [6, 6.07) is 10.2. The van der Waals surface area contributed by atoms with Crippen LogP contribution in [0, 0.1) is 5.41 Å². The molecule has 6 heteroatoms. The van der Waals surface area contributed by atoms with Crippen molar-refractivity contribution < 1.29 is 14.3 Å². The summed E-state index contributed by atoms with van der Waals surface area (Å²) in [6.45, 7) is 2.41. The van der Waals surface area contributed by atoms with Crippen LogP contribution in [0.5, 0.6) is 0 Å².